The molecule has 0 aliphatic rings. The van der Waals surface area contributed by atoms with Crippen LogP contribution in [0.3, 0.4) is 0 Å². The molecule has 0 radical (unpaired) electrons. The molecule has 2 aromatic carbocycles. The average molecular weight is 288 g/mol. The second kappa shape index (κ2) is 5.83. The lowest BCUT2D eigenvalue weighted by atomic mass is 10.2. The summed E-state index contributed by atoms with van der Waals surface area (Å²) in [5.74, 6) is 0. The minimum Gasteiger partial charge on any atom is -0.258 e. The van der Waals surface area contributed by atoms with Gasteiger partial charge in [0.05, 0.1) is 4.92 Å². The van der Waals surface area contributed by atoms with E-state index in [4.69, 9.17) is 0 Å². The van der Waals surface area contributed by atoms with Crippen LogP contribution < -0.4 is 0 Å². The van der Waals surface area contributed by atoms with Gasteiger partial charge in [0.25, 0.3) is 5.69 Å². The second-order valence-corrected chi connectivity index (χ2v) is 5.43. The third-order valence-electron chi connectivity index (χ3n) is 2.85. The predicted molar refractivity (Wildman–Crippen MR) is 78.6 cm³/mol. The highest BCUT2D eigenvalue weighted by atomic mass is 32.2. The second-order valence-electron chi connectivity index (χ2n) is 4.35. The molecule has 0 spiro atoms. The Bertz CT molecular complexity index is 686. The largest absolute Gasteiger partial charge is 0.269 e. The van der Waals surface area contributed by atoms with Gasteiger partial charge in [-0.15, -0.1) is 4.91 Å². The van der Waals surface area contributed by atoms with Crippen LogP contribution in [0, 0.1) is 28.9 Å². The maximum absolute atomic E-state index is 10.7. The minimum atomic E-state index is -0.406. The van der Waals surface area contributed by atoms with E-state index in [1.54, 1.807) is 24.3 Å². The van der Waals surface area contributed by atoms with Crippen LogP contribution in [0.15, 0.2) is 51.4 Å². The smallest absolute Gasteiger partial charge is 0.258 e. The number of nitrogens with zero attached hydrogens (tertiary/aromatic N) is 2. The van der Waals surface area contributed by atoms with E-state index < -0.39 is 4.92 Å². The van der Waals surface area contributed by atoms with E-state index in [-0.39, 0.29) is 5.69 Å². The fourth-order valence-corrected chi connectivity index (χ4v) is 2.73. The van der Waals surface area contributed by atoms with Crippen molar-refractivity contribution in [1.82, 2.24) is 0 Å². The summed E-state index contributed by atoms with van der Waals surface area (Å²) in [6.45, 7) is 3.74. The third-order valence-corrected chi connectivity index (χ3v) is 4.21. The molecule has 2 rings (SSSR count). The van der Waals surface area contributed by atoms with Gasteiger partial charge in [-0.1, -0.05) is 11.8 Å². The van der Waals surface area contributed by atoms with Crippen LogP contribution in [0.2, 0.25) is 0 Å². The molecule has 0 heterocycles. The van der Waals surface area contributed by atoms with Gasteiger partial charge in [0, 0.05) is 21.9 Å². The first-order valence-corrected chi connectivity index (χ1v) is 6.70. The van der Waals surface area contributed by atoms with Crippen molar-refractivity contribution in [2.24, 2.45) is 5.18 Å². The number of benzene rings is 2. The number of nitro groups is 1. The summed E-state index contributed by atoms with van der Waals surface area (Å²) in [6.07, 6.45) is 0. The van der Waals surface area contributed by atoms with Crippen LogP contribution in [-0.4, -0.2) is 4.92 Å². The first kappa shape index (κ1) is 14.2. The molecule has 0 aliphatic heterocycles. The first-order chi connectivity index (χ1) is 9.51. The molecule has 0 amide bonds. The molecule has 6 heteroatoms. The van der Waals surface area contributed by atoms with Crippen molar-refractivity contribution in [1.29, 1.82) is 0 Å². The maximum Gasteiger partial charge on any atom is 0.269 e. The van der Waals surface area contributed by atoms with Crippen molar-refractivity contribution in [2.75, 3.05) is 0 Å². The summed E-state index contributed by atoms with van der Waals surface area (Å²) in [4.78, 5) is 22.7. The van der Waals surface area contributed by atoms with Crippen molar-refractivity contribution in [3.63, 3.8) is 0 Å². The fraction of sp³-hybridized carbons (Fsp3) is 0.143. The molecular formula is C14H12N2O3S. The number of nitroso groups, excluding NO2 is 1. The molecule has 0 saturated heterocycles. The van der Waals surface area contributed by atoms with Crippen molar-refractivity contribution in [3.05, 3.63) is 62.5 Å². The zero-order valence-electron chi connectivity index (χ0n) is 11.0. The Morgan fingerprint density at radius 1 is 1.05 bits per heavy atom. The van der Waals surface area contributed by atoms with E-state index in [2.05, 4.69) is 5.18 Å². The van der Waals surface area contributed by atoms with Gasteiger partial charge in [0.15, 0.2) is 0 Å². The van der Waals surface area contributed by atoms with Gasteiger partial charge < -0.3 is 0 Å². The van der Waals surface area contributed by atoms with E-state index >= 15 is 0 Å². The average Bonchev–Trinajstić information content (AvgIpc) is 2.42. The van der Waals surface area contributed by atoms with Crippen molar-refractivity contribution in [3.8, 4) is 0 Å². The highest BCUT2D eigenvalue weighted by Crippen LogP contribution is 2.35. The SMILES string of the molecule is Cc1cc(N=O)ccc1Sc1ccc([N+](=O)[O-])cc1C. The summed E-state index contributed by atoms with van der Waals surface area (Å²) in [7, 11) is 0. The number of hydrogen-bond donors (Lipinski definition) is 0. The van der Waals surface area contributed by atoms with Crippen LogP contribution in [0.25, 0.3) is 0 Å². The summed E-state index contributed by atoms with van der Waals surface area (Å²) in [5, 5.41) is 13.6. The van der Waals surface area contributed by atoms with Gasteiger partial charge in [0.1, 0.15) is 5.69 Å². The molecule has 5 nitrogen and oxygen atoms in total. The van der Waals surface area contributed by atoms with Crippen molar-refractivity contribution < 1.29 is 4.92 Å². The lowest BCUT2D eigenvalue weighted by Crippen LogP contribution is -1.90. The Morgan fingerprint density at radius 3 is 2.15 bits per heavy atom. The van der Waals surface area contributed by atoms with E-state index in [0.717, 1.165) is 20.9 Å². The van der Waals surface area contributed by atoms with Gasteiger partial charge in [-0.2, -0.15) is 0 Å². The molecule has 2 aromatic rings. The summed E-state index contributed by atoms with van der Waals surface area (Å²) >= 11 is 1.51. The standard InChI is InChI=1S/C14H12N2O3S/c1-9-7-11(15-17)3-5-13(9)20-14-6-4-12(16(18)19)8-10(14)2/h3-8H,1-2H3. The minimum absolute atomic E-state index is 0.0871. The molecule has 102 valence electrons. The summed E-state index contributed by atoms with van der Waals surface area (Å²) < 4.78 is 0. The topological polar surface area (TPSA) is 72.6 Å². The molecule has 0 aliphatic carbocycles. The molecule has 0 N–H and O–H groups in total. The van der Waals surface area contributed by atoms with Crippen molar-refractivity contribution in [2.45, 2.75) is 23.6 Å². The third kappa shape index (κ3) is 3.03. The van der Waals surface area contributed by atoms with E-state index in [9.17, 15) is 15.0 Å². The van der Waals surface area contributed by atoms with Crippen LogP contribution in [0.4, 0.5) is 11.4 Å². The first-order valence-electron chi connectivity index (χ1n) is 5.88. The molecule has 0 bridgehead atoms. The van der Waals surface area contributed by atoms with Gasteiger partial charge in [-0.3, -0.25) is 10.1 Å². The van der Waals surface area contributed by atoms with E-state index in [1.807, 2.05) is 19.9 Å². The van der Waals surface area contributed by atoms with Crippen LogP contribution in [0.5, 0.6) is 0 Å². The maximum atomic E-state index is 10.7. The van der Waals surface area contributed by atoms with Gasteiger partial charge in [-0.25, -0.2) is 0 Å². The fourth-order valence-electron chi connectivity index (χ4n) is 1.78. The van der Waals surface area contributed by atoms with E-state index in [0.29, 0.717) is 5.69 Å². The predicted octanol–water partition coefficient (Wildman–Crippen LogP) is 4.76. The molecule has 0 fully saturated rings. The van der Waals surface area contributed by atoms with Crippen LogP contribution in [0.1, 0.15) is 11.1 Å². The Hall–Kier alpha value is -2.21. The summed E-state index contributed by atoms with van der Waals surface area (Å²) in [5.41, 5.74) is 2.28. The van der Waals surface area contributed by atoms with E-state index in [1.165, 1.54) is 17.8 Å². The molecule has 20 heavy (non-hydrogen) atoms. The Kier molecular flexibility index (Phi) is 4.14. The molecule has 0 saturated carbocycles. The number of rotatable bonds is 4. The monoisotopic (exact) mass is 288 g/mol. The molecule has 0 aromatic heterocycles. The van der Waals surface area contributed by atoms with Gasteiger partial charge >= 0.3 is 0 Å². The quantitative estimate of drug-likeness (QED) is 0.462. The summed E-state index contributed by atoms with van der Waals surface area (Å²) in [6, 6.07) is 9.99. The molecule has 0 unspecified atom stereocenters. The van der Waals surface area contributed by atoms with Crippen molar-refractivity contribution >= 4 is 23.1 Å². The van der Waals surface area contributed by atoms with Crippen LogP contribution in [-0.2, 0) is 0 Å². The van der Waals surface area contributed by atoms with Crippen LogP contribution >= 0.6 is 11.8 Å². The normalized spacial score (nSPS) is 10.3. The highest BCUT2D eigenvalue weighted by Gasteiger charge is 2.10. The number of hydrogen-bond acceptors (Lipinski definition) is 5. The number of non-ortho nitro benzene ring substituents is 1. The zero-order chi connectivity index (χ0) is 14.7. The Morgan fingerprint density at radius 2 is 1.65 bits per heavy atom. The zero-order valence-corrected chi connectivity index (χ0v) is 11.8. The van der Waals surface area contributed by atoms with Gasteiger partial charge in [0.2, 0.25) is 0 Å². The molecular weight excluding hydrogens is 276 g/mol. The Balaban J connectivity index is 2.30. The Labute approximate surface area is 120 Å². The highest BCUT2D eigenvalue weighted by molar-refractivity contribution is 7.99. The molecule has 0 atom stereocenters. The lowest BCUT2D eigenvalue weighted by Gasteiger charge is -2.08. The number of nitro benzene ring substituents is 1. The number of aryl methyl sites for hydroxylation is 2. The lowest BCUT2D eigenvalue weighted by molar-refractivity contribution is -0.385. The van der Waals surface area contributed by atoms with Gasteiger partial charge in [-0.05, 0) is 54.4 Å².